The lowest BCUT2D eigenvalue weighted by Gasteiger charge is -2.11. The predicted molar refractivity (Wildman–Crippen MR) is 71.7 cm³/mol. The second kappa shape index (κ2) is 4.19. The number of benzene rings is 1. The van der Waals surface area contributed by atoms with E-state index in [0.29, 0.717) is 15.0 Å². The zero-order chi connectivity index (χ0) is 14.3. The number of hydrogen-bond donors (Lipinski definition) is 2. The molecule has 100 valence electrons. The van der Waals surface area contributed by atoms with Crippen LogP contribution in [0, 0.1) is 10.4 Å². The summed E-state index contributed by atoms with van der Waals surface area (Å²) in [5.41, 5.74) is 11.6. The minimum absolute atomic E-state index is 0.103. The fourth-order valence-corrected chi connectivity index (χ4v) is 1.97. The summed E-state index contributed by atoms with van der Waals surface area (Å²) < 4.78 is 0.994. The first-order chi connectivity index (χ1) is 9.58. The number of rotatable bonds is 1. The minimum atomic E-state index is -0.162. The van der Waals surface area contributed by atoms with Crippen LogP contribution in [0.15, 0.2) is 36.5 Å². The minimum Gasteiger partial charge on any atom is -0.710 e. The fourth-order valence-electron chi connectivity index (χ4n) is 1.97. The van der Waals surface area contributed by atoms with Gasteiger partial charge >= 0.3 is 17.1 Å². The van der Waals surface area contributed by atoms with Gasteiger partial charge in [-0.3, -0.25) is 0 Å². The first kappa shape index (κ1) is 11.9. The first-order valence-corrected chi connectivity index (χ1v) is 5.72. The average Bonchev–Trinajstić information content (AvgIpc) is 2.43. The molecule has 0 fully saturated rings. The van der Waals surface area contributed by atoms with E-state index in [2.05, 4.69) is 9.97 Å². The lowest BCUT2D eigenvalue weighted by atomic mass is 10.1. The van der Waals surface area contributed by atoms with Crippen molar-refractivity contribution in [2.24, 2.45) is 0 Å². The molecule has 3 rings (SSSR count). The zero-order valence-electron chi connectivity index (χ0n) is 10.2. The van der Waals surface area contributed by atoms with Crippen LogP contribution in [0.2, 0.25) is 0 Å². The molecular formula is C12H10N6O2. The standard InChI is InChI=1S/C12H10N6O2/c13-10-9-11(16-12(14)15-10)18(20)8(6-17(9)19)7-4-2-1-3-5-7/h1-6H,(H4,13,14,15,16). The quantitative estimate of drug-likeness (QED) is 0.462. The lowest BCUT2D eigenvalue weighted by molar-refractivity contribution is -0.621. The van der Waals surface area contributed by atoms with Crippen LogP contribution in [0.5, 0.6) is 0 Å². The van der Waals surface area contributed by atoms with Gasteiger partial charge in [-0.05, 0) is 0 Å². The van der Waals surface area contributed by atoms with E-state index in [1.807, 2.05) is 6.07 Å². The number of nitrogens with two attached hydrogens (primary N) is 2. The number of anilines is 2. The number of nitrogens with zero attached hydrogens (tertiary/aromatic N) is 4. The van der Waals surface area contributed by atoms with Crippen LogP contribution in [-0.2, 0) is 0 Å². The summed E-state index contributed by atoms with van der Waals surface area (Å²) in [4.78, 5) is 7.48. The van der Waals surface area contributed by atoms with E-state index < -0.39 is 0 Å². The smallest absolute Gasteiger partial charge is 0.408 e. The molecule has 3 aromatic rings. The van der Waals surface area contributed by atoms with Crippen molar-refractivity contribution in [2.75, 3.05) is 11.5 Å². The Morgan fingerprint density at radius 1 is 1.00 bits per heavy atom. The molecule has 20 heavy (non-hydrogen) atoms. The topological polar surface area (TPSA) is 132 Å². The summed E-state index contributed by atoms with van der Waals surface area (Å²) in [6, 6.07) is 8.75. The molecule has 0 radical (unpaired) electrons. The van der Waals surface area contributed by atoms with Gasteiger partial charge in [0.05, 0.1) is 0 Å². The first-order valence-electron chi connectivity index (χ1n) is 5.72. The Morgan fingerprint density at radius 2 is 1.70 bits per heavy atom. The summed E-state index contributed by atoms with van der Waals surface area (Å²) >= 11 is 0. The van der Waals surface area contributed by atoms with Crippen LogP contribution in [0.4, 0.5) is 11.8 Å². The Hall–Kier alpha value is -3.16. The molecule has 0 aliphatic carbocycles. The average molecular weight is 270 g/mol. The second-order valence-electron chi connectivity index (χ2n) is 4.14. The van der Waals surface area contributed by atoms with Crippen LogP contribution < -0.4 is 20.9 Å². The Balaban J connectivity index is 2.40. The molecule has 8 heteroatoms. The third-order valence-corrected chi connectivity index (χ3v) is 2.85. The Morgan fingerprint density at radius 3 is 2.40 bits per heavy atom. The SMILES string of the molecule is Nc1nc(N)c2c(n1)[n+]([O-])c(-c1ccccc1)c[n+]2[O-]. The van der Waals surface area contributed by atoms with Gasteiger partial charge in [-0.2, -0.15) is 9.71 Å². The molecule has 0 unspecified atom stereocenters. The number of nitrogen functional groups attached to an aromatic ring is 2. The Kier molecular flexibility index (Phi) is 2.50. The maximum Gasteiger partial charge on any atom is 0.408 e. The largest absolute Gasteiger partial charge is 0.710 e. The van der Waals surface area contributed by atoms with Crippen molar-refractivity contribution in [1.29, 1.82) is 0 Å². The highest BCUT2D eigenvalue weighted by Gasteiger charge is 2.25. The van der Waals surface area contributed by atoms with Crippen molar-refractivity contribution in [2.45, 2.75) is 0 Å². The molecule has 0 aliphatic rings. The van der Waals surface area contributed by atoms with Crippen LogP contribution in [-0.4, -0.2) is 9.97 Å². The molecule has 2 heterocycles. The number of hydrogen-bond acceptors (Lipinski definition) is 6. The number of aromatic nitrogens is 4. The van der Waals surface area contributed by atoms with E-state index in [1.165, 1.54) is 0 Å². The monoisotopic (exact) mass is 270 g/mol. The van der Waals surface area contributed by atoms with Gasteiger partial charge in [0.1, 0.15) is 0 Å². The van der Waals surface area contributed by atoms with Gasteiger partial charge in [0.25, 0.3) is 0 Å². The molecule has 0 amide bonds. The van der Waals surface area contributed by atoms with Crippen LogP contribution in [0.25, 0.3) is 22.4 Å². The van der Waals surface area contributed by atoms with Crippen molar-refractivity contribution < 1.29 is 9.46 Å². The van der Waals surface area contributed by atoms with E-state index in [9.17, 15) is 10.4 Å². The molecule has 0 saturated carbocycles. The van der Waals surface area contributed by atoms with E-state index in [0.717, 1.165) is 6.20 Å². The molecule has 0 saturated heterocycles. The van der Waals surface area contributed by atoms with Crippen molar-refractivity contribution in [3.63, 3.8) is 0 Å². The molecule has 0 atom stereocenters. The van der Waals surface area contributed by atoms with Crippen molar-refractivity contribution in [3.8, 4) is 11.3 Å². The molecule has 4 N–H and O–H groups in total. The fraction of sp³-hybridized carbons (Fsp3) is 0. The normalized spacial score (nSPS) is 10.8. The summed E-state index contributed by atoms with van der Waals surface area (Å²) in [5.74, 6) is -0.295. The summed E-state index contributed by atoms with van der Waals surface area (Å²) in [6.07, 6.45) is 1.14. The van der Waals surface area contributed by atoms with Gasteiger partial charge in [0.15, 0.2) is 0 Å². The highest BCUT2D eigenvalue weighted by atomic mass is 16.5. The van der Waals surface area contributed by atoms with Crippen molar-refractivity contribution in [3.05, 3.63) is 46.9 Å². The molecular weight excluding hydrogens is 260 g/mol. The van der Waals surface area contributed by atoms with Gasteiger partial charge in [0, 0.05) is 10.5 Å². The van der Waals surface area contributed by atoms with Crippen molar-refractivity contribution >= 4 is 22.9 Å². The third-order valence-electron chi connectivity index (χ3n) is 2.85. The van der Waals surface area contributed by atoms with Crippen LogP contribution in [0.3, 0.4) is 0 Å². The Labute approximate surface area is 113 Å². The van der Waals surface area contributed by atoms with E-state index in [4.69, 9.17) is 11.5 Å². The van der Waals surface area contributed by atoms with Gasteiger partial charge < -0.3 is 21.9 Å². The molecule has 2 aromatic heterocycles. The van der Waals surface area contributed by atoms with Gasteiger partial charge in [-0.15, -0.1) is 0 Å². The summed E-state index contributed by atoms with van der Waals surface area (Å²) in [6.45, 7) is 0. The lowest BCUT2D eigenvalue weighted by Crippen LogP contribution is -2.41. The molecule has 0 bridgehead atoms. The zero-order valence-corrected chi connectivity index (χ0v) is 10.2. The molecule has 8 nitrogen and oxygen atoms in total. The van der Waals surface area contributed by atoms with E-state index in [1.54, 1.807) is 24.3 Å². The van der Waals surface area contributed by atoms with E-state index in [-0.39, 0.29) is 28.6 Å². The highest BCUT2D eigenvalue weighted by molar-refractivity contribution is 5.77. The Bertz CT molecular complexity index is 806. The van der Waals surface area contributed by atoms with Gasteiger partial charge in [-0.25, -0.2) is 4.73 Å². The van der Waals surface area contributed by atoms with Crippen LogP contribution >= 0.6 is 0 Å². The van der Waals surface area contributed by atoms with Crippen molar-refractivity contribution in [1.82, 2.24) is 9.97 Å². The molecule has 1 aromatic carbocycles. The maximum atomic E-state index is 12.3. The van der Waals surface area contributed by atoms with E-state index >= 15 is 0 Å². The van der Waals surface area contributed by atoms with Gasteiger partial charge in [-0.1, -0.05) is 30.3 Å². The van der Waals surface area contributed by atoms with Gasteiger partial charge in [0.2, 0.25) is 17.7 Å². The maximum absolute atomic E-state index is 12.3. The highest BCUT2D eigenvalue weighted by Crippen LogP contribution is 2.17. The summed E-state index contributed by atoms with van der Waals surface area (Å²) in [5, 5.41) is 24.4. The summed E-state index contributed by atoms with van der Waals surface area (Å²) in [7, 11) is 0. The molecule has 0 spiro atoms. The van der Waals surface area contributed by atoms with Crippen LogP contribution in [0.1, 0.15) is 0 Å². The molecule has 0 aliphatic heterocycles. The second-order valence-corrected chi connectivity index (χ2v) is 4.14. The predicted octanol–water partition coefficient (Wildman–Crippen LogP) is -0.272. The third kappa shape index (κ3) is 1.70. The number of fused-ring (bicyclic) bond motifs is 1.